The van der Waals surface area contributed by atoms with Crippen LogP contribution in [0.4, 0.5) is 0 Å². The van der Waals surface area contributed by atoms with Gasteiger partial charge >= 0.3 is 0 Å². The van der Waals surface area contributed by atoms with Crippen molar-refractivity contribution < 1.29 is 0 Å². The number of piperidine rings is 1. The summed E-state index contributed by atoms with van der Waals surface area (Å²) in [6.45, 7) is 5.76. The minimum absolute atomic E-state index is 0.750. The van der Waals surface area contributed by atoms with Gasteiger partial charge in [0.05, 0.1) is 0 Å². The van der Waals surface area contributed by atoms with E-state index in [-0.39, 0.29) is 0 Å². The van der Waals surface area contributed by atoms with Gasteiger partial charge < -0.3 is 10.3 Å². The van der Waals surface area contributed by atoms with Crippen molar-refractivity contribution in [2.75, 3.05) is 31.6 Å². The molecule has 4 heteroatoms. The Labute approximate surface area is 121 Å². The van der Waals surface area contributed by atoms with Crippen LogP contribution in [-0.4, -0.2) is 42.7 Å². The molecular weight excluding hydrogens is 254 g/mol. The Morgan fingerprint density at radius 2 is 2.26 bits per heavy atom. The first-order valence-electron chi connectivity index (χ1n) is 7.76. The van der Waals surface area contributed by atoms with Crippen molar-refractivity contribution in [3.63, 3.8) is 0 Å². The van der Waals surface area contributed by atoms with Gasteiger partial charge in [-0.05, 0) is 61.6 Å². The maximum absolute atomic E-state index is 3.82. The third-order valence-electron chi connectivity index (χ3n) is 4.86. The second-order valence-corrected chi connectivity index (χ2v) is 7.19. The summed E-state index contributed by atoms with van der Waals surface area (Å²) in [7, 11) is 0. The van der Waals surface area contributed by atoms with Crippen molar-refractivity contribution in [2.45, 2.75) is 38.6 Å². The van der Waals surface area contributed by atoms with Crippen LogP contribution in [0.15, 0.2) is 11.3 Å². The summed E-state index contributed by atoms with van der Waals surface area (Å²) in [6, 6.07) is 0.750. The first-order valence-corrected chi connectivity index (χ1v) is 9.15. The number of thioether (sulfide) groups is 1. The predicted molar refractivity (Wildman–Crippen MR) is 83.0 cm³/mol. The highest BCUT2D eigenvalue weighted by atomic mass is 32.2. The van der Waals surface area contributed by atoms with Crippen molar-refractivity contribution in [1.82, 2.24) is 15.8 Å². The molecule has 0 radical (unpaired) electrons. The van der Waals surface area contributed by atoms with Crippen molar-refractivity contribution in [3.05, 3.63) is 11.3 Å². The molecule has 0 bridgehead atoms. The molecule has 2 heterocycles. The van der Waals surface area contributed by atoms with Gasteiger partial charge in [-0.15, -0.1) is 0 Å². The average Bonchev–Trinajstić information content (AvgIpc) is 2.80. The van der Waals surface area contributed by atoms with E-state index in [0.717, 1.165) is 31.0 Å². The number of hydrazine groups is 1. The third-order valence-corrected chi connectivity index (χ3v) is 5.67. The Bertz CT molecular complexity index is 355. The van der Waals surface area contributed by atoms with Crippen molar-refractivity contribution >= 4 is 11.8 Å². The zero-order valence-corrected chi connectivity index (χ0v) is 13.1. The lowest BCUT2D eigenvalue weighted by atomic mass is 9.76. The van der Waals surface area contributed by atoms with E-state index in [4.69, 9.17) is 0 Å². The van der Waals surface area contributed by atoms with E-state index >= 15 is 0 Å². The molecule has 0 aromatic carbocycles. The lowest BCUT2D eigenvalue weighted by Crippen LogP contribution is -2.48. The normalized spacial score (nSPS) is 34.4. The van der Waals surface area contributed by atoms with E-state index in [1.54, 1.807) is 11.3 Å². The highest BCUT2D eigenvalue weighted by Crippen LogP contribution is 2.39. The molecule has 19 heavy (non-hydrogen) atoms. The van der Waals surface area contributed by atoms with Gasteiger partial charge in [-0.2, -0.15) is 11.8 Å². The molecule has 3 aliphatic rings. The summed E-state index contributed by atoms with van der Waals surface area (Å²) in [5.74, 6) is 3.07. The summed E-state index contributed by atoms with van der Waals surface area (Å²) in [5.41, 5.74) is 6.88. The van der Waals surface area contributed by atoms with Crippen LogP contribution in [0.2, 0.25) is 0 Å². The summed E-state index contributed by atoms with van der Waals surface area (Å²) < 4.78 is 0. The number of allylic oxidation sites excluding steroid dienone is 1. The minimum Gasteiger partial charge on any atom is -0.313 e. The second-order valence-electron chi connectivity index (χ2n) is 6.28. The van der Waals surface area contributed by atoms with Gasteiger partial charge in [0.25, 0.3) is 0 Å². The number of hydrogen-bond donors (Lipinski definition) is 2. The molecule has 2 N–H and O–H groups in total. The lowest BCUT2D eigenvalue weighted by Gasteiger charge is -2.41. The maximum Gasteiger partial charge on any atom is 0.0381 e. The van der Waals surface area contributed by atoms with Crippen LogP contribution in [0.25, 0.3) is 0 Å². The monoisotopic (exact) mass is 281 g/mol. The molecule has 3 nitrogen and oxygen atoms in total. The van der Waals surface area contributed by atoms with E-state index in [1.807, 2.05) is 11.8 Å². The van der Waals surface area contributed by atoms with Gasteiger partial charge in [0.15, 0.2) is 0 Å². The predicted octanol–water partition coefficient (Wildman–Crippen LogP) is 2.22. The average molecular weight is 281 g/mol. The number of fused-ring (bicyclic) bond motifs is 1. The van der Waals surface area contributed by atoms with Gasteiger partial charge in [-0.3, -0.25) is 0 Å². The zero-order valence-electron chi connectivity index (χ0n) is 12.2. The molecule has 0 saturated carbocycles. The van der Waals surface area contributed by atoms with Gasteiger partial charge in [0.2, 0.25) is 0 Å². The Kier molecular flexibility index (Phi) is 4.40. The van der Waals surface area contributed by atoms with E-state index in [2.05, 4.69) is 28.9 Å². The standard InChI is InChI=1S/C15H27N3S/c1-3-4-18-15-7-12-5-11(10-19-2)8-16-14(12)6-13(15)9-17-18/h11-12,14,16-17H,3-10H2,1-2H3/t11-,12+,14?/m1/s1. The van der Waals surface area contributed by atoms with Crippen LogP contribution in [0.5, 0.6) is 0 Å². The highest BCUT2D eigenvalue weighted by molar-refractivity contribution is 7.98. The molecule has 1 saturated heterocycles. The molecule has 108 valence electrons. The Balaban J connectivity index is 1.67. The van der Waals surface area contributed by atoms with Gasteiger partial charge in [0, 0.05) is 24.8 Å². The van der Waals surface area contributed by atoms with Crippen molar-refractivity contribution in [3.8, 4) is 0 Å². The first kappa shape index (κ1) is 13.8. The number of rotatable bonds is 4. The molecule has 1 unspecified atom stereocenters. The Hall–Kier alpha value is -0.190. The summed E-state index contributed by atoms with van der Waals surface area (Å²) >= 11 is 2.00. The van der Waals surface area contributed by atoms with Crippen LogP contribution in [0.3, 0.4) is 0 Å². The van der Waals surface area contributed by atoms with Gasteiger partial charge in [-0.1, -0.05) is 6.92 Å². The summed E-state index contributed by atoms with van der Waals surface area (Å²) in [6.07, 6.45) is 7.46. The van der Waals surface area contributed by atoms with Gasteiger partial charge in [-0.25, -0.2) is 5.43 Å². The molecule has 0 aromatic rings. The number of hydrogen-bond acceptors (Lipinski definition) is 4. The van der Waals surface area contributed by atoms with Crippen LogP contribution in [0, 0.1) is 11.8 Å². The fourth-order valence-corrected chi connectivity index (χ4v) is 4.69. The lowest BCUT2D eigenvalue weighted by molar-refractivity contribution is 0.193. The molecule has 1 aliphatic carbocycles. The Morgan fingerprint density at radius 3 is 3.05 bits per heavy atom. The zero-order chi connectivity index (χ0) is 13.2. The van der Waals surface area contributed by atoms with Crippen molar-refractivity contribution in [2.24, 2.45) is 11.8 Å². The third kappa shape index (κ3) is 2.81. The quantitative estimate of drug-likeness (QED) is 0.826. The number of nitrogens with zero attached hydrogens (tertiary/aromatic N) is 1. The van der Waals surface area contributed by atoms with Crippen LogP contribution in [-0.2, 0) is 0 Å². The molecular formula is C15H27N3S. The maximum atomic E-state index is 3.82. The summed E-state index contributed by atoms with van der Waals surface area (Å²) in [5, 5.41) is 6.26. The molecule has 0 amide bonds. The summed E-state index contributed by atoms with van der Waals surface area (Å²) in [4.78, 5) is 0. The molecule has 1 fully saturated rings. The van der Waals surface area contributed by atoms with E-state index in [9.17, 15) is 0 Å². The smallest absolute Gasteiger partial charge is 0.0381 e. The fraction of sp³-hybridized carbons (Fsp3) is 0.867. The van der Waals surface area contributed by atoms with Crippen molar-refractivity contribution in [1.29, 1.82) is 0 Å². The molecule has 3 rings (SSSR count). The van der Waals surface area contributed by atoms with Crippen LogP contribution >= 0.6 is 11.8 Å². The van der Waals surface area contributed by atoms with E-state index in [1.165, 1.54) is 38.0 Å². The minimum atomic E-state index is 0.750. The molecule has 0 spiro atoms. The SMILES string of the molecule is CCCN1NCC2=C1C[C@@H]1C[C@@H](CSC)CNC1C2. The molecule has 0 aromatic heterocycles. The second kappa shape index (κ2) is 6.06. The molecule has 3 atom stereocenters. The largest absolute Gasteiger partial charge is 0.313 e. The fourth-order valence-electron chi connectivity index (χ4n) is 3.96. The molecule has 2 aliphatic heterocycles. The number of nitrogens with one attached hydrogen (secondary N) is 2. The van der Waals surface area contributed by atoms with E-state index in [0.29, 0.717) is 0 Å². The Morgan fingerprint density at radius 1 is 1.37 bits per heavy atom. The van der Waals surface area contributed by atoms with E-state index < -0.39 is 0 Å². The highest BCUT2D eigenvalue weighted by Gasteiger charge is 2.38. The van der Waals surface area contributed by atoms with Crippen LogP contribution < -0.4 is 10.7 Å². The topological polar surface area (TPSA) is 27.3 Å². The first-order chi connectivity index (χ1) is 9.31. The van der Waals surface area contributed by atoms with Crippen LogP contribution in [0.1, 0.15) is 32.6 Å². The van der Waals surface area contributed by atoms with Gasteiger partial charge in [0.1, 0.15) is 0 Å².